The fraction of sp³-hybridized carbons (Fsp3) is 0.417. The first-order chi connectivity index (χ1) is 9.38. The molecule has 0 fully saturated rings. The number of benzene rings is 1. The Morgan fingerprint density at radius 3 is 2.75 bits per heavy atom. The highest BCUT2D eigenvalue weighted by Gasteiger charge is 2.15. The monoisotopic (exact) mass is 301 g/mol. The molecule has 110 valence electrons. The maximum absolute atomic E-state index is 13.6. The highest BCUT2D eigenvalue weighted by molar-refractivity contribution is 7.91. The average Bonchev–Trinajstić information content (AvgIpc) is 2.70. The van der Waals surface area contributed by atoms with Gasteiger partial charge < -0.3 is 15.0 Å². The van der Waals surface area contributed by atoms with Crippen LogP contribution in [-0.2, 0) is 16.4 Å². The third-order valence-electron chi connectivity index (χ3n) is 3.12. The van der Waals surface area contributed by atoms with Crippen LogP contribution >= 0.6 is 0 Å². The standard InChI is InChI=1S/C12H16FN3O3S/c1-3-20(17,18)5-4-16-10-7-11(19-2)8(13)6-9(10)15-12(16)14/h6-7H,3-5H2,1-2H3,(H2,14,15). The van der Waals surface area contributed by atoms with Gasteiger partial charge in [0.05, 0.1) is 23.9 Å². The van der Waals surface area contributed by atoms with Crippen molar-refractivity contribution in [3.8, 4) is 5.75 Å². The van der Waals surface area contributed by atoms with Crippen molar-refractivity contribution in [3.63, 3.8) is 0 Å². The van der Waals surface area contributed by atoms with Gasteiger partial charge in [0.25, 0.3) is 0 Å². The lowest BCUT2D eigenvalue weighted by Crippen LogP contribution is -2.15. The van der Waals surface area contributed by atoms with Gasteiger partial charge in [-0.1, -0.05) is 6.92 Å². The second kappa shape index (κ2) is 5.28. The van der Waals surface area contributed by atoms with Gasteiger partial charge in [0.1, 0.15) is 0 Å². The number of hydrogen-bond donors (Lipinski definition) is 1. The number of hydrogen-bond acceptors (Lipinski definition) is 5. The van der Waals surface area contributed by atoms with Crippen LogP contribution in [0.15, 0.2) is 12.1 Å². The molecule has 0 aliphatic carbocycles. The minimum Gasteiger partial charge on any atom is -0.494 e. The van der Waals surface area contributed by atoms with E-state index in [1.54, 1.807) is 11.5 Å². The van der Waals surface area contributed by atoms with Crippen molar-refractivity contribution in [3.05, 3.63) is 17.9 Å². The predicted octanol–water partition coefficient (Wildman–Crippen LogP) is 1.20. The molecule has 0 bridgehead atoms. The first-order valence-electron chi connectivity index (χ1n) is 6.07. The maximum atomic E-state index is 13.6. The number of sulfone groups is 1. The summed E-state index contributed by atoms with van der Waals surface area (Å²) in [6.45, 7) is 1.76. The second-order valence-electron chi connectivity index (χ2n) is 4.33. The summed E-state index contributed by atoms with van der Waals surface area (Å²) >= 11 is 0. The first-order valence-corrected chi connectivity index (χ1v) is 7.89. The van der Waals surface area contributed by atoms with Gasteiger partial charge in [-0.15, -0.1) is 0 Å². The van der Waals surface area contributed by atoms with Crippen LogP contribution in [0.4, 0.5) is 10.3 Å². The maximum Gasteiger partial charge on any atom is 0.201 e. The molecule has 0 aliphatic heterocycles. The molecule has 0 radical (unpaired) electrons. The zero-order valence-electron chi connectivity index (χ0n) is 11.3. The highest BCUT2D eigenvalue weighted by atomic mass is 32.2. The van der Waals surface area contributed by atoms with E-state index in [0.717, 1.165) is 0 Å². The Bertz CT molecular complexity index is 740. The molecule has 8 heteroatoms. The van der Waals surface area contributed by atoms with Gasteiger partial charge in [0.2, 0.25) is 5.95 Å². The van der Waals surface area contributed by atoms with Crippen molar-refractivity contribution < 1.29 is 17.5 Å². The van der Waals surface area contributed by atoms with Crippen LogP contribution in [0, 0.1) is 5.82 Å². The Hall–Kier alpha value is -1.83. The molecular weight excluding hydrogens is 285 g/mol. The number of anilines is 1. The molecule has 0 aliphatic rings. The van der Waals surface area contributed by atoms with Crippen LogP contribution in [0.3, 0.4) is 0 Å². The number of aromatic nitrogens is 2. The molecule has 0 saturated carbocycles. The van der Waals surface area contributed by atoms with Gasteiger partial charge in [-0.25, -0.2) is 17.8 Å². The summed E-state index contributed by atoms with van der Waals surface area (Å²) < 4.78 is 43.2. The highest BCUT2D eigenvalue weighted by Crippen LogP contribution is 2.26. The Labute approximate surface area is 116 Å². The summed E-state index contributed by atoms with van der Waals surface area (Å²) in [5.74, 6) is -0.294. The molecule has 0 atom stereocenters. The normalized spacial score (nSPS) is 11.9. The van der Waals surface area contributed by atoms with Crippen LogP contribution < -0.4 is 10.5 Å². The quantitative estimate of drug-likeness (QED) is 0.896. The zero-order chi connectivity index (χ0) is 14.9. The van der Waals surface area contributed by atoms with Crippen molar-refractivity contribution in [1.82, 2.24) is 9.55 Å². The molecule has 20 heavy (non-hydrogen) atoms. The lowest BCUT2D eigenvalue weighted by atomic mass is 10.3. The van der Waals surface area contributed by atoms with E-state index < -0.39 is 15.7 Å². The number of imidazole rings is 1. The van der Waals surface area contributed by atoms with Crippen LogP contribution in [0.2, 0.25) is 0 Å². The summed E-state index contributed by atoms with van der Waals surface area (Å²) in [4.78, 5) is 4.03. The molecule has 1 heterocycles. The van der Waals surface area contributed by atoms with Gasteiger partial charge in [-0.3, -0.25) is 0 Å². The second-order valence-corrected chi connectivity index (χ2v) is 6.81. The van der Waals surface area contributed by atoms with Crippen LogP contribution in [0.5, 0.6) is 5.75 Å². The largest absolute Gasteiger partial charge is 0.494 e. The Kier molecular flexibility index (Phi) is 3.85. The van der Waals surface area contributed by atoms with Crippen molar-refractivity contribution in [2.75, 3.05) is 24.3 Å². The SMILES string of the molecule is CCS(=O)(=O)CCn1c(N)nc2cc(F)c(OC)cc21. The molecule has 0 unspecified atom stereocenters. The number of nitrogens with zero attached hydrogens (tertiary/aromatic N) is 2. The van der Waals surface area contributed by atoms with Gasteiger partial charge in [0, 0.05) is 24.4 Å². The third kappa shape index (κ3) is 2.69. The van der Waals surface area contributed by atoms with Crippen molar-refractivity contribution in [2.24, 2.45) is 0 Å². The van der Waals surface area contributed by atoms with E-state index in [1.807, 2.05) is 0 Å². The van der Waals surface area contributed by atoms with Gasteiger partial charge in [-0.05, 0) is 0 Å². The summed E-state index contributed by atoms with van der Waals surface area (Å²) in [6.07, 6.45) is 0. The third-order valence-corrected chi connectivity index (χ3v) is 4.80. The number of aryl methyl sites for hydroxylation is 1. The lowest BCUT2D eigenvalue weighted by molar-refractivity contribution is 0.387. The Morgan fingerprint density at radius 2 is 2.15 bits per heavy atom. The molecule has 0 amide bonds. The van der Waals surface area contributed by atoms with Gasteiger partial charge in [0.15, 0.2) is 21.4 Å². The molecule has 2 aromatic rings. The molecular formula is C12H16FN3O3S. The summed E-state index contributed by atoms with van der Waals surface area (Å²) in [6, 6.07) is 2.68. The van der Waals surface area contributed by atoms with E-state index in [2.05, 4.69) is 4.98 Å². The minimum absolute atomic E-state index is 0.0428. The van der Waals surface area contributed by atoms with Crippen molar-refractivity contribution in [2.45, 2.75) is 13.5 Å². The van der Waals surface area contributed by atoms with Gasteiger partial charge in [-0.2, -0.15) is 0 Å². The minimum atomic E-state index is -3.11. The fourth-order valence-corrected chi connectivity index (χ4v) is 2.66. The number of nitrogens with two attached hydrogens (primary N) is 1. The van der Waals surface area contributed by atoms with E-state index in [9.17, 15) is 12.8 Å². The number of methoxy groups -OCH3 is 1. The van der Waals surface area contributed by atoms with Crippen molar-refractivity contribution >= 4 is 26.8 Å². The molecule has 0 spiro atoms. The predicted molar refractivity (Wildman–Crippen MR) is 75.0 cm³/mol. The molecule has 0 saturated heterocycles. The van der Waals surface area contributed by atoms with E-state index in [-0.39, 0.29) is 29.7 Å². The molecule has 1 aromatic carbocycles. The van der Waals surface area contributed by atoms with E-state index in [1.165, 1.54) is 19.2 Å². The van der Waals surface area contributed by atoms with E-state index in [0.29, 0.717) is 11.0 Å². The number of halogens is 1. The smallest absolute Gasteiger partial charge is 0.201 e. The first kappa shape index (κ1) is 14.6. The number of rotatable bonds is 5. The van der Waals surface area contributed by atoms with E-state index >= 15 is 0 Å². The Morgan fingerprint density at radius 1 is 1.45 bits per heavy atom. The summed E-state index contributed by atoms with van der Waals surface area (Å²) in [5, 5.41) is 0. The number of ether oxygens (including phenoxy) is 1. The van der Waals surface area contributed by atoms with Crippen molar-refractivity contribution in [1.29, 1.82) is 0 Å². The number of nitrogen functional groups attached to an aromatic ring is 1. The van der Waals surface area contributed by atoms with Crippen LogP contribution in [0.1, 0.15) is 6.92 Å². The summed E-state index contributed by atoms with van der Waals surface area (Å²) in [5.41, 5.74) is 6.68. The zero-order valence-corrected chi connectivity index (χ0v) is 12.1. The Balaban J connectivity index is 2.45. The molecule has 1 aromatic heterocycles. The molecule has 2 N–H and O–H groups in total. The fourth-order valence-electron chi connectivity index (χ4n) is 1.91. The molecule has 2 rings (SSSR count). The summed E-state index contributed by atoms with van der Waals surface area (Å²) in [7, 11) is -1.76. The lowest BCUT2D eigenvalue weighted by Gasteiger charge is -2.07. The topological polar surface area (TPSA) is 87.2 Å². The average molecular weight is 301 g/mol. The van der Waals surface area contributed by atoms with Gasteiger partial charge >= 0.3 is 0 Å². The van der Waals surface area contributed by atoms with Crippen LogP contribution in [-0.4, -0.2) is 36.6 Å². The number of fused-ring (bicyclic) bond motifs is 1. The van der Waals surface area contributed by atoms with Crippen LogP contribution in [0.25, 0.3) is 11.0 Å². The molecule has 6 nitrogen and oxygen atoms in total. The van der Waals surface area contributed by atoms with E-state index in [4.69, 9.17) is 10.5 Å².